The molecule has 0 aromatic heterocycles. The van der Waals surface area contributed by atoms with Crippen LogP contribution < -0.4 is 19.1 Å². The van der Waals surface area contributed by atoms with Crippen LogP contribution in [0.15, 0.2) is 42.5 Å². The van der Waals surface area contributed by atoms with Crippen LogP contribution in [0.2, 0.25) is 0 Å². The van der Waals surface area contributed by atoms with Gasteiger partial charge in [0, 0.05) is 0 Å². The molecule has 0 bridgehead atoms. The van der Waals surface area contributed by atoms with Gasteiger partial charge in [0.05, 0.1) is 25.0 Å². The Morgan fingerprint density at radius 2 is 1.86 bits per heavy atom. The van der Waals surface area contributed by atoms with Gasteiger partial charge in [0.2, 0.25) is 10.0 Å². The quantitative estimate of drug-likeness (QED) is 0.745. The molecule has 0 spiro atoms. The molecule has 0 aliphatic carbocycles. The second kappa shape index (κ2) is 8.10. The molecule has 0 saturated carbocycles. The summed E-state index contributed by atoms with van der Waals surface area (Å²) in [5.41, 5.74) is 2.50. The Morgan fingerprint density at radius 3 is 2.54 bits per heavy atom. The number of aryl methyl sites for hydroxylation is 2. The van der Waals surface area contributed by atoms with Crippen molar-refractivity contribution >= 4 is 21.6 Å². The Hall–Kier alpha value is -2.74. The lowest BCUT2D eigenvalue weighted by Gasteiger charge is -2.34. The monoisotopic (exact) mass is 404 g/mol. The van der Waals surface area contributed by atoms with E-state index in [1.54, 1.807) is 12.1 Å². The fourth-order valence-electron chi connectivity index (χ4n) is 2.90. The second-order valence-corrected chi connectivity index (χ2v) is 8.73. The number of hydrogen-bond donors (Lipinski definition) is 1. The molecule has 28 heavy (non-hydrogen) atoms. The summed E-state index contributed by atoms with van der Waals surface area (Å²) in [6.07, 6.45) is 0.193. The molecule has 1 heterocycles. The molecule has 1 aliphatic rings. The van der Waals surface area contributed by atoms with Gasteiger partial charge in [-0.3, -0.25) is 9.10 Å². The molecule has 1 atom stereocenters. The van der Waals surface area contributed by atoms with Crippen molar-refractivity contribution in [3.8, 4) is 11.5 Å². The third-order valence-electron chi connectivity index (χ3n) is 4.37. The standard InChI is InChI=1S/C20H24N2O5S/c1-14-4-7-16(8-5-14)26-11-10-21-20(23)19-13-22(28(3,24)25)17-12-15(2)6-9-18(17)27-19/h4-9,12,19H,10-11,13H2,1-3H3,(H,21,23)/t19-/m1/s1. The molecule has 1 N–H and O–H groups in total. The van der Waals surface area contributed by atoms with Crippen LogP contribution in [-0.2, 0) is 14.8 Å². The van der Waals surface area contributed by atoms with E-state index in [-0.39, 0.29) is 19.0 Å². The molecule has 1 amide bonds. The number of ether oxygens (including phenoxy) is 2. The van der Waals surface area contributed by atoms with Gasteiger partial charge in [0.15, 0.2) is 6.10 Å². The summed E-state index contributed by atoms with van der Waals surface area (Å²) in [5.74, 6) is 0.715. The average molecular weight is 404 g/mol. The van der Waals surface area contributed by atoms with Crippen LogP contribution in [-0.4, -0.2) is 46.4 Å². The van der Waals surface area contributed by atoms with Crippen molar-refractivity contribution < 1.29 is 22.7 Å². The zero-order valence-electron chi connectivity index (χ0n) is 16.1. The highest BCUT2D eigenvalue weighted by Crippen LogP contribution is 2.35. The number of carbonyl (C=O) groups excluding carboxylic acids is 1. The van der Waals surface area contributed by atoms with Crippen molar-refractivity contribution in [2.24, 2.45) is 0 Å². The van der Waals surface area contributed by atoms with Crippen molar-refractivity contribution in [1.82, 2.24) is 5.32 Å². The summed E-state index contributed by atoms with van der Waals surface area (Å²) in [5, 5.41) is 2.74. The first kappa shape index (κ1) is 20.0. The number of sulfonamides is 1. The molecule has 7 nitrogen and oxygen atoms in total. The fourth-order valence-corrected chi connectivity index (χ4v) is 3.81. The van der Waals surface area contributed by atoms with E-state index in [4.69, 9.17) is 9.47 Å². The largest absolute Gasteiger partial charge is 0.492 e. The molecule has 2 aromatic rings. The summed E-state index contributed by atoms with van der Waals surface area (Å²) in [7, 11) is -3.54. The van der Waals surface area contributed by atoms with Crippen LogP contribution in [0.3, 0.4) is 0 Å². The Labute approximate surface area is 165 Å². The fraction of sp³-hybridized carbons (Fsp3) is 0.350. The minimum atomic E-state index is -3.54. The van der Waals surface area contributed by atoms with Crippen LogP contribution >= 0.6 is 0 Å². The third kappa shape index (κ3) is 4.75. The molecule has 150 valence electrons. The number of fused-ring (bicyclic) bond motifs is 1. The molecule has 3 rings (SSSR count). The molecule has 8 heteroatoms. The van der Waals surface area contributed by atoms with Gasteiger partial charge in [-0.2, -0.15) is 0 Å². The van der Waals surface area contributed by atoms with E-state index in [9.17, 15) is 13.2 Å². The Bertz CT molecular complexity index is 957. The lowest BCUT2D eigenvalue weighted by atomic mass is 10.1. The van der Waals surface area contributed by atoms with Gasteiger partial charge < -0.3 is 14.8 Å². The minimum absolute atomic E-state index is 0.0695. The van der Waals surface area contributed by atoms with Gasteiger partial charge in [-0.1, -0.05) is 23.8 Å². The predicted octanol–water partition coefficient (Wildman–Crippen LogP) is 2.03. The van der Waals surface area contributed by atoms with E-state index in [0.717, 1.165) is 23.1 Å². The zero-order chi connectivity index (χ0) is 20.3. The third-order valence-corrected chi connectivity index (χ3v) is 5.51. The van der Waals surface area contributed by atoms with E-state index in [1.807, 2.05) is 44.2 Å². The number of rotatable bonds is 6. The highest BCUT2D eigenvalue weighted by molar-refractivity contribution is 7.92. The zero-order valence-corrected chi connectivity index (χ0v) is 17.0. The van der Waals surface area contributed by atoms with Gasteiger partial charge in [0.25, 0.3) is 5.91 Å². The van der Waals surface area contributed by atoms with Crippen LogP contribution in [0, 0.1) is 13.8 Å². The van der Waals surface area contributed by atoms with Gasteiger partial charge in [0.1, 0.15) is 18.1 Å². The Kier molecular flexibility index (Phi) is 5.79. The predicted molar refractivity (Wildman–Crippen MR) is 107 cm³/mol. The molecule has 1 aliphatic heterocycles. The molecule has 0 fully saturated rings. The second-order valence-electron chi connectivity index (χ2n) is 6.82. The van der Waals surface area contributed by atoms with Crippen molar-refractivity contribution in [2.45, 2.75) is 20.0 Å². The smallest absolute Gasteiger partial charge is 0.263 e. The number of benzene rings is 2. The van der Waals surface area contributed by atoms with Crippen molar-refractivity contribution in [3.05, 3.63) is 53.6 Å². The highest BCUT2D eigenvalue weighted by atomic mass is 32.2. The van der Waals surface area contributed by atoms with Crippen molar-refractivity contribution in [2.75, 3.05) is 30.3 Å². The van der Waals surface area contributed by atoms with E-state index in [2.05, 4.69) is 5.32 Å². The maximum atomic E-state index is 12.5. The van der Waals surface area contributed by atoms with E-state index < -0.39 is 16.1 Å². The number of hydrogen-bond acceptors (Lipinski definition) is 5. The summed E-state index contributed by atoms with van der Waals surface area (Å²) in [6.45, 7) is 4.38. The summed E-state index contributed by atoms with van der Waals surface area (Å²) >= 11 is 0. The lowest BCUT2D eigenvalue weighted by molar-refractivity contribution is -0.127. The first-order valence-electron chi connectivity index (χ1n) is 8.96. The number of carbonyl (C=O) groups is 1. The Morgan fingerprint density at radius 1 is 1.18 bits per heavy atom. The van der Waals surface area contributed by atoms with Crippen LogP contribution in [0.5, 0.6) is 11.5 Å². The van der Waals surface area contributed by atoms with E-state index >= 15 is 0 Å². The molecule has 2 aromatic carbocycles. The van der Waals surface area contributed by atoms with Crippen LogP contribution in [0.4, 0.5) is 5.69 Å². The molecular weight excluding hydrogens is 380 g/mol. The lowest BCUT2D eigenvalue weighted by Crippen LogP contribution is -2.51. The average Bonchev–Trinajstić information content (AvgIpc) is 2.64. The number of amides is 1. The first-order valence-corrected chi connectivity index (χ1v) is 10.8. The molecule has 0 unspecified atom stereocenters. The highest BCUT2D eigenvalue weighted by Gasteiger charge is 2.34. The maximum Gasteiger partial charge on any atom is 0.263 e. The van der Waals surface area contributed by atoms with Gasteiger partial charge in [-0.15, -0.1) is 0 Å². The number of nitrogens with one attached hydrogen (secondary N) is 1. The van der Waals surface area contributed by atoms with E-state index in [1.165, 1.54) is 4.31 Å². The van der Waals surface area contributed by atoms with Crippen LogP contribution in [0.25, 0.3) is 0 Å². The SMILES string of the molecule is Cc1ccc(OCCNC(=O)[C@H]2CN(S(C)(=O)=O)c3cc(C)ccc3O2)cc1. The molecule has 0 saturated heterocycles. The van der Waals surface area contributed by atoms with Crippen LogP contribution in [0.1, 0.15) is 11.1 Å². The van der Waals surface area contributed by atoms with Gasteiger partial charge in [-0.05, 0) is 43.7 Å². The van der Waals surface area contributed by atoms with E-state index in [0.29, 0.717) is 18.0 Å². The van der Waals surface area contributed by atoms with Crippen molar-refractivity contribution in [1.29, 1.82) is 0 Å². The summed E-state index contributed by atoms with van der Waals surface area (Å²) in [4.78, 5) is 12.5. The van der Waals surface area contributed by atoms with Crippen molar-refractivity contribution in [3.63, 3.8) is 0 Å². The summed E-state index contributed by atoms with van der Waals surface area (Å²) < 4.78 is 36.9. The normalized spacial score (nSPS) is 16.1. The molecular formula is C20H24N2O5S. The van der Waals surface area contributed by atoms with Gasteiger partial charge >= 0.3 is 0 Å². The summed E-state index contributed by atoms with van der Waals surface area (Å²) in [6, 6.07) is 12.9. The van der Waals surface area contributed by atoms with Gasteiger partial charge in [-0.25, -0.2) is 8.42 Å². The number of nitrogens with zero attached hydrogens (tertiary/aromatic N) is 1. The topological polar surface area (TPSA) is 84.9 Å². The minimum Gasteiger partial charge on any atom is -0.492 e. The number of anilines is 1. The first-order chi connectivity index (χ1) is 13.2. The maximum absolute atomic E-state index is 12.5. The Balaban J connectivity index is 1.61. The molecule has 0 radical (unpaired) electrons.